The Kier molecular flexibility index (Phi) is 16.2. The molecule has 4 atom stereocenters. The number of cyclic esters (lactones) is 1. The summed E-state index contributed by atoms with van der Waals surface area (Å²) in [6.07, 6.45) is 14.2. The number of aryl methyl sites for hydroxylation is 2. The van der Waals surface area contributed by atoms with Gasteiger partial charge in [-0.1, -0.05) is 109 Å². The molecule has 8 rings (SSSR count). The Morgan fingerprint density at radius 2 is 1.73 bits per heavy atom. The highest BCUT2D eigenvalue weighted by Gasteiger charge is 2.38. The zero-order chi connectivity index (χ0) is 49.7. The van der Waals surface area contributed by atoms with Crippen LogP contribution in [0.3, 0.4) is 0 Å². The van der Waals surface area contributed by atoms with E-state index < -0.39 is 29.5 Å². The number of carbonyl (C=O) groups is 4. The predicted octanol–water partition coefficient (Wildman–Crippen LogP) is 9.24. The van der Waals surface area contributed by atoms with Gasteiger partial charge in [0, 0.05) is 61.0 Å². The quantitative estimate of drug-likeness (QED) is 0.0727. The summed E-state index contributed by atoms with van der Waals surface area (Å²) in [7, 11) is 1.93. The van der Waals surface area contributed by atoms with Crippen LogP contribution in [0.25, 0.3) is 33.3 Å². The van der Waals surface area contributed by atoms with Gasteiger partial charge < -0.3 is 24.6 Å². The van der Waals surface area contributed by atoms with Gasteiger partial charge in [0.25, 0.3) is 5.91 Å². The molecule has 4 aromatic rings. The number of hydrazine groups is 1. The van der Waals surface area contributed by atoms with Crippen molar-refractivity contribution in [2.45, 2.75) is 143 Å². The second-order valence-electron chi connectivity index (χ2n) is 22.0. The first-order chi connectivity index (χ1) is 33.6. The minimum atomic E-state index is -1.03. The highest BCUT2D eigenvalue weighted by molar-refractivity contribution is 5.96. The lowest BCUT2D eigenvalue weighted by molar-refractivity contribution is -0.155. The van der Waals surface area contributed by atoms with Crippen LogP contribution in [-0.4, -0.2) is 106 Å². The molecule has 376 valence electrons. The fraction of sp³-hybridized carbons (Fsp3) is 0.552. The topological polar surface area (TPSA) is 136 Å². The third-order valence-electron chi connectivity index (χ3n) is 15.6. The Bertz CT molecular complexity index is 2540. The molecule has 2 saturated heterocycles. The first-order valence-electron chi connectivity index (χ1n) is 26.4. The molecule has 12 nitrogen and oxygen atoms in total. The molecule has 3 amide bonds. The van der Waals surface area contributed by atoms with Crippen molar-refractivity contribution in [1.82, 2.24) is 30.1 Å². The molecular weight excluding hydrogens is 877 g/mol. The molecule has 3 fully saturated rings. The number of benzene rings is 3. The number of carbonyl (C=O) groups excluding carboxylic acids is 4. The van der Waals surface area contributed by atoms with Crippen LogP contribution >= 0.6 is 0 Å². The summed E-state index contributed by atoms with van der Waals surface area (Å²) in [5.74, 6) is -0.250. The number of hydrogen-bond donors (Lipinski definition) is 3. The third-order valence-corrected chi connectivity index (χ3v) is 15.6. The molecule has 12 heteroatoms. The van der Waals surface area contributed by atoms with Crippen molar-refractivity contribution < 1.29 is 29.0 Å². The molecule has 3 N–H and O–H groups in total. The van der Waals surface area contributed by atoms with Crippen molar-refractivity contribution >= 4 is 34.6 Å². The Morgan fingerprint density at radius 1 is 0.957 bits per heavy atom. The molecule has 1 aliphatic carbocycles. The maximum Gasteiger partial charge on any atom is 0.324 e. The molecule has 70 heavy (non-hydrogen) atoms. The number of phenols is 1. The summed E-state index contributed by atoms with van der Waals surface area (Å²) in [6, 6.07) is 18.6. The Hall–Kier alpha value is -5.46. The number of nitrogens with one attached hydrogen (secondary N) is 2. The van der Waals surface area contributed by atoms with Crippen LogP contribution in [0.2, 0.25) is 0 Å². The first kappa shape index (κ1) is 50.9. The number of rotatable bonds is 12. The number of esters is 1. The number of aromatic hydroxyl groups is 1. The van der Waals surface area contributed by atoms with E-state index in [2.05, 4.69) is 85.1 Å². The van der Waals surface area contributed by atoms with Crippen molar-refractivity contribution in [1.29, 1.82) is 0 Å². The Labute approximate surface area is 416 Å². The second kappa shape index (κ2) is 22.3. The first-order valence-corrected chi connectivity index (χ1v) is 26.4. The summed E-state index contributed by atoms with van der Waals surface area (Å²) in [4.78, 5) is 59.7. The summed E-state index contributed by atoms with van der Waals surface area (Å²) < 4.78 is 8.67. The van der Waals surface area contributed by atoms with E-state index in [1.807, 2.05) is 31.9 Å². The van der Waals surface area contributed by atoms with Gasteiger partial charge in [-0.05, 0) is 128 Å². The number of likely N-dealkylation sites (tertiary alicyclic amines) is 1. The summed E-state index contributed by atoms with van der Waals surface area (Å²) >= 11 is 0. The van der Waals surface area contributed by atoms with E-state index in [-0.39, 0.29) is 48.3 Å². The van der Waals surface area contributed by atoms with Crippen molar-refractivity contribution in [2.75, 3.05) is 39.8 Å². The van der Waals surface area contributed by atoms with Crippen LogP contribution in [-0.2, 0) is 49.7 Å². The lowest BCUT2D eigenvalue weighted by Crippen LogP contribution is -2.62. The van der Waals surface area contributed by atoms with Gasteiger partial charge in [0.1, 0.15) is 17.8 Å². The van der Waals surface area contributed by atoms with E-state index in [1.165, 1.54) is 78.4 Å². The molecule has 0 unspecified atom stereocenters. The predicted molar refractivity (Wildman–Crippen MR) is 278 cm³/mol. The lowest BCUT2D eigenvalue weighted by atomic mass is 9.83. The average molecular weight is 955 g/mol. The van der Waals surface area contributed by atoms with Gasteiger partial charge in [0.2, 0.25) is 11.8 Å². The third kappa shape index (κ3) is 11.7. The summed E-state index contributed by atoms with van der Waals surface area (Å²) in [6.45, 7) is 17.3. The molecule has 3 aliphatic heterocycles. The zero-order valence-corrected chi connectivity index (χ0v) is 42.7. The maximum atomic E-state index is 14.8. The SMILES string of the molecule is C=CC(=O)N1CC[C@H](CN(C)[C@H](C(=O)N[C@H]2Cc3cc(O)cc(c3)-c3ccc4c(c3)c(c(-c3ccccc3CCC3CCCCCC3)n4CC)CC(C)(C)COC(=O)[C@@H]3CCCN(N3)C2=O)C(C)C)C1. The average Bonchev–Trinajstić information content (AvgIpc) is 3.81. The molecule has 0 radical (unpaired) electrons. The van der Waals surface area contributed by atoms with E-state index in [0.717, 1.165) is 47.3 Å². The minimum absolute atomic E-state index is 0.0644. The van der Waals surface area contributed by atoms with Gasteiger partial charge in [-0.25, -0.2) is 5.43 Å². The van der Waals surface area contributed by atoms with E-state index in [1.54, 1.807) is 17.0 Å². The van der Waals surface area contributed by atoms with Gasteiger partial charge in [-0.15, -0.1) is 0 Å². The Balaban J connectivity index is 1.17. The van der Waals surface area contributed by atoms with Gasteiger partial charge in [-0.3, -0.25) is 29.1 Å². The molecule has 1 aromatic heterocycles. The van der Waals surface area contributed by atoms with Crippen LogP contribution in [0.1, 0.15) is 116 Å². The largest absolute Gasteiger partial charge is 0.508 e. The van der Waals surface area contributed by atoms with Crippen molar-refractivity contribution in [3.8, 4) is 28.1 Å². The Morgan fingerprint density at radius 3 is 2.47 bits per heavy atom. The van der Waals surface area contributed by atoms with Gasteiger partial charge in [-0.2, -0.15) is 0 Å². The van der Waals surface area contributed by atoms with Crippen molar-refractivity contribution in [2.24, 2.45) is 23.2 Å². The fourth-order valence-corrected chi connectivity index (χ4v) is 12.1. The fourth-order valence-electron chi connectivity index (χ4n) is 12.1. The molecule has 3 aromatic carbocycles. The smallest absolute Gasteiger partial charge is 0.324 e. The maximum absolute atomic E-state index is 14.8. The second-order valence-corrected chi connectivity index (χ2v) is 22.0. The lowest BCUT2D eigenvalue weighted by Gasteiger charge is -2.37. The van der Waals surface area contributed by atoms with Crippen LogP contribution in [0, 0.1) is 23.2 Å². The standard InChI is InChI=1S/C58H78N6O6/c1-8-52(66)62-28-26-40(36-62)35-61(7)53(38(3)4)55(67)59-50-31-41-29-44(32-45(65)30-41)43-24-25-51-47(33-43)48(34-58(5,6)37-70-57(69)49-21-16-27-64(60-49)56(50)68)54(63(51)9-2)46-20-15-14-19-42(46)23-22-39-17-12-10-11-13-18-39/h8,14-15,19-20,24-25,29-30,32-33,38-40,49-50,53,60,65H,1,9-13,16-18,21-23,26-28,31,34-37H2,2-7H3,(H,59,67)/t40-,49+,50+,53+/m1/s1. The number of ether oxygens (including phenoxy) is 1. The van der Waals surface area contributed by atoms with E-state index in [0.29, 0.717) is 51.0 Å². The molecule has 0 spiro atoms. The monoisotopic (exact) mass is 955 g/mol. The van der Waals surface area contributed by atoms with Crippen LogP contribution in [0.15, 0.2) is 73.3 Å². The van der Waals surface area contributed by atoms with Crippen molar-refractivity contribution in [3.63, 3.8) is 0 Å². The number of likely N-dealkylation sites (N-methyl/N-ethyl adjacent to an activating group) is 1. The number of fused-ring (bicyclic) bond motifs is 6. The number of nitrogens with zero attached hydrogens (tertiary/aromatic N) is 4. The molecular formula is C58H78N6O6. The van der Waals surface area contributed by atoms with Crippen LogP contribution in [0.4, 0.5) is 0 Å². The van der Waals surface area contributed by atoms with E-state index in [9.17, 15) is 24.3 Å². The number of aromatic nitrogens is 1. The normalized spacial score (nSPS) is 21.9. The van der Waals surface area contributed by atoms with E-state index >= 15 is 0 Å². The molecule has 4 aliphatic rings. The van der Waals surface area contributed by atoms with Gasteiger partial charge in [0.05, 0.1) is 18.3 Å². The van der Waals surface area contributed by atoms with Crippen LogP contribution < -0.4 is 10.7 Å². The van der Waals surface area contributed by atoms with Crippen molar-refractivity contribution in [3.05, 3.63) is 90.0 Å². The summed E-state index contributed by atoms with van der Waals surface area (Å²) in [5, 5.41) is 17.2. The molecule has 1 saturated carbocycles. The highest BCUT2D eigenvalue weighted by atomic mass is 16.5. The highest BCUT2D eigenvalue weighted by Crippen LogP contribution is 2.42. The summed E-state index contributed by atoms with van der Waals surface area (Å²) in [5.41, 5.74) is 11.3. The molecule has 6 bridgehead atoms. The molecule has 4 heterocycles. The minimum Gasteiger partial charge on any atom is -0.508 e. The van der Waals surface area contributed by atoms with Crippen LogP contribution in [0.5, 0.6) is 5.75 Å². The van der Waals surface area contributed by atoms with E-state index in [4.69, 9.17) is 4.74 Å². The van der Waals surface area contributed by atoms with Gasteiger partial charge in [0.15, 0.2) is 0 Å². The van der Waals surface area contributed by atoms with Gasteiger partial charge >= 0.3 is 5.97 Å². The number of hydrogen-bond acceptors (Lipinski definition) is 8. The zero-order valence-electron chi connectivity index (χ0n) is 42.7. The number of phenolic OH excluding ortho intramolecular Hbond substituents is 1. The number of amides is 3.